The molecule has 2 aliphatic heterocycles. The van der Waals surface area contributed by atoms with Crippen molar-refractivity contribution >= 4 is 29.0 Å². The molecule has 0 radical (unpaired) electrons. The highest BCUT2D eigenvalue weighted by Crippen LogP contribution is 2.31. The molecule has 0 unspecified atom stereocenters. The van der Waals surface area contributed by atoms with Gasteiger partial charge in [-0.15, -0.1) is 0 Å². The highest BCUT2D eigenvalue weighted by atomic mass is 19.4. The molecule has 0 atom stereocenters. The van der Waals surface area contributed by atoms with Gasteiger partial charge in [-0.25, -0.2) is 4.79 Å². The molecule has 2 fully saturated rings. The minimum absolute atomic E-state index is 0.0860. The molecule has 0 aliphatic carbocycles. The average molecular weight is 492 g/mol. The molecule has 2 aromatic carbocycles. The predicted octanol–water partition coefficient (Wildman–Crippen LogP) is 3.50. The van der Waals surface area contributed by atoms with Crippen molar-refractivity contribution in [3.05, 3.63) is 53.6 Å². The number of morpholine rings is 1. The van der Waals surface area contributed by atoms with Gasteiger partial charge in [0.25, 0.3) is 5.91 Å². The zero-order chi connectivity index (χ0) is 25.0. The van der Waals surface area contributed by atoms with Gasteiger partial charge in [-0.1, -0.05) is 6.07 Å². The maximum Gasteiger partial charge on any atom is 0.416 e. The summed E-state index contributed by atoms with van der Waals surface area (Å²) in [7, 11) is 0. The van der Waals surface area contributed by atoms with Crippen molar-refractivity contribution in [3.8, 4) is 0 Å². The van der Waals surface area contributed by atoms with Crippen molar-refractivity contribution in [2.45, 2.75) is 12.6 Å². The lowest BCUT2D eigenvalue weighted by Gasteiger charge is -2.30. The summed E-state index contributed by atoms with van der Waals surface area (Å²) in [6.07, 6.45) is -3.86. The van der Waals surface area contributed by atoms with E-state index in [1.807, 2.05) is 11.0 Å². The van der Waals surface area contributed by atoms with Crippen LogP contribution in [0.25, 0.3) is 0 Å². The molecule has 35 heavy (non-hydrogen) atoms. The van der Waals surface area contributed by atoms with E-state index in [-0.39, 0.29) is 11.6 Å². The molecule has 2 aromatic rings. The Bertz CT molecular complexity index is 1070. The highest BCUT2D eigenvalue weighted by Gasteiger charge is 2.31. The van der Waals surface area contributed by atoms with Crippen molar-refractivity contribution in [3.63, 3.8) is 0 Å². The first kappa shape index (κ1) is 24.6. The molecule has 2 heterocycles. The summed E-state index contributed by atoms with van der Waals surface area (Å²) in [6.45, 7) is 3.85. The summed E-state index contributed by atoms with van der Waals surface area (Å²) in [5, 5.41) is 2.57. The molecular formula is C24H28F3N5O3. The number of rotatable bonds is 3. The predicted molar refractivity (Wildman–Crippen MR) is 126 cm³/mol. The van der Waals surface area contributed by atoms with Crippen LogP contribution in [0.2, 0.25) is 0 Å². The van der Waals surface area contributed by atoms with Crippen LogP contribution < -0.4 is 16.0 Å². The first-order valence-electron chi connectivity index (χ1n) is 11.5. The van der Waals surface area contributed by atoms with Crippen LogP contribution >= 0.6 is 0 Å². The monoisotopic (exact) mass is 491 g/mol. The summed E-state index contributed by atoms with van der Waals surface area (Å²) in [5.41, 5.74) is 6.99. The third-order valence-corrected chi connectivity index (χ3v) is 6.11. The second-order valence-corrected chi connectivity index (χ2v) is 8.52. The third-order valence-electron chi connectivity index (χ3n) is 6.11. The van der Waals surface area contributed by atoms with E-state index in [0.717, 1.165) is 17.8 Å². The number of nitrogens with two attached hydrogens (primary N) is 1. The molecule has 0 bridgehead atoms. The lowest BCUT2D eigenvalue weighted by molar-refractivity contribution is -0.137. The Morgan fingerprint density at radius 1 is 0.914 bits per heavy atom. The molecule has 0 aromatic heterocycles. The summed E-state index contributed by atoms with van der Waals surface area (Å²) >= 11 is 0. The number of nitrogens with zero attached hydrogens (tertiary/aromatic N) is 3. The Labute approximate surface area is 201 Å². The van der Waals surface area contributed by atoms with Gasteiger partial charge in [-0.2, -0.15) is 13.2 Å². The fourth-order valence-electron chi connectivity index (χ4n) is 4.27. The van der Waals surface area contributed by atoms with Crippen LogP contribution in [0.15, 0.2) is 42.5 Å². The van der Waals surface area contributed by atoms with E-state index in [9.17, 15) is 22.8 Å². The highest BCUT2D eigenvalue weighted by molar-refractivity contribution is 6.01. The van der Waals surface area contributed by atoms with Gasteiger partial charge in [-0.05, 0) is 42.8 Å². The van der Waals surface area contributed by atoms with Gasteiger partial charge in [0.2, 0.25) is 0 Å². The minimum Gasteiger partial charge on any atom is -0.399 e. The Kier molecular flexibility index (Phi) is 7.34. The number of benzene rings is 2. The van der Waals surface area contributed by atoms with E-state index in [4.69, 9.17) is 10.5 Å². The molecule has 0 saturated carbocycles. The van der Waals surface area contributed by atoms with E-state index >= 15 is 0 Å². The van der Waals surface area contributed by atoms with E-state index in [1.54, 1.807) is 21.9 Å². The molecule has 8 nitrogen and oxygen atoms in total. The quantitative estimate of drug-likeness (QED) is 0.642. The number of amides is 3. The Hall–Kier alpha value is -3.47. The molecule has 3 amide bonds. The van der Waals surface area contributed by atoms with Crippen molar-refractivity contribution in [2.75, 3.05) is 68.4 Å². The summed E-state index contributed by atoms with van der Waals surface area (Å²) in [6, 6.07) is 9.34. The van der Waals surface area contributed by atoms with Gasteiger partial charge in [0.15, 0.2) is 0 Å². The number of alkyl halides is 3. The van der Waals surface area contributed by atoms with Gasteiger partial charge < -0.3 is 30.5 Å². The van der Waals surface area contributed by atoms with Crippen LogP contribution in [0.5, 0.6) is 0 Å². The Morgan fingerprint density at radius 3 is 2.43 bits per heavy atom. The number of hydrogen-bond donors (Lipinski definition) is 2. The van der Waals surface area contributed by atoms with Crippen molar-refractivity contribution in [2.24, 2.45) is 0 Å². The van der Waals surface area contributed by atoms with Gasteiger partial charge >= 0.3 is 12.2 Å². The molecule has 3 N–H and O–H groups in total. The van der Waals surface area contributed by atoms with E-state index in [2.05, 4.69) is 5.32 Å². The van der Waals surface area contributed by atoms with Gasteiger partial charge in [0.1, 0.15) is 0 Å². The Balaban J connectivity index is 1.45. The summed E-state index contributed by atoms with van der Waals surface area (Å²) in [4.78, 5) is 31.3. The largest absolute Gasteiger partial charge is 0.416 e. The molecular weight excluding hydrogens is 463 g/mol. The molecule has 2 aliphatic rings. The lowest BCUT2D eigenvalue weighted by Crippen LogP contribution is -2.41. The van der Waals surface area contributed by atoms with Crippen molar-refractivity contribution < 1.29 is 27.5 Å². The van der Waals surface area contributed by atoms with Crippen LogP contribution in [-0.2, 0) is 10.9 Å². The van der Waals surface area contributed by atoms with Gasteiger partial charge in [0.05, 0.1) is 24.3 Å². The number of carbonyl (C=O) groups is 2. The number of nitrogens with one attached hydrogen (secondary N) is 1. The maximum absolute atomic E-state index is 13.2. The second-order valence-electron chi connectivity index (χ2n) is 8.52. The van der Waals surface area contributed by atoms with Crippen LogP contribution in [0.4, 0.5) is 35.0 Å². The number of anilines is 3. The third kappa shape index (κ3) is 5.97. The number of urea groups is 1. The fraction of sp³-hybridized carbons (Fsp3) is 0.417. The smallest absolute Gasteiger partial charge is 0.399 e. The molecule has 0 spiro atoms. The van der Waals surface area contributed by atoms with Gasteiger partial charge in [-0.3, -0.25) is 4.79 Å². The van der Waals surface area contributed by atoms with Crippen molar-refractivity contribution in [1.82, 2.24) is 9.80 Å². The van der Waals surface area contributed by atoms with E-state index in [0.29, 0.717) is 70.2 Å². The van der Waals surface area contributed by atoms with Crippen LogP contribution in [0, 0.1) is 0 Å². The topological polar surface area (TPSA) is 91.1 Å². The normalized spacial score (nSPS) is 17.2. The van der Waals surface area contributed by atoms with Crippen molar-refractivity contribution in [1.29, 1.82) is 0 Å². The van der Waals surface area contributed by atoms with E-state index in [1.165, 1.54) is 12.1 Å². The number of hydrogen-bond acceptors (Lipinski definition) is 5. The first-order valence-corrected chi connectivity index (χ1v) is 11.5. The minimum atomic E-state index is -4.49. The molecule has 2 saturated heterocycles. The number of nitrogen functional groups attached to an aromatic ring is 1. The molecule has 4 rings (SSSR count). The number of carbonyl (C=O) groups excluding carboxylic acids is 2. The molecule has 188 valence electrons. The fourth-order valence-corrected chi connectivity index (χ4v) is 4.27. The second kappa shape index (κ2) is 10.4. The van der Waals surface area contributed by atoms with Crippen LogP contribution in [-0.4, -0.2) is 74.2 Å². The zero-order valence-corrected chi connectivity index (χ0v) is 19.2. The van der Waals surface area contributed by atoms with Crippen LogP contribution in [0.1, 0.15) is 22.3 Å². The van der Waals surface area contributed by atoms with Crippen LogP contribution in [0.3, 0.4) is 0 Å². The number of halogens is 3. The average Bonchev–Trinajstić information content (AvgIpc) is 3.10. The van der Waals surface area contributed by atoms with E-state index < -0.39 is 17.8 Å². The number of ether oxygens (including phenoxy) is 1. The molecule has 11 heteroatoms. The zero-order valence-electron chi connectivity index (χ0n) is 19.2. The summed E-state index contributed by atoms with van der Waals surface area (Å²) in [5.74, 6) is -0.112. The SMILES string of the molecule is Nc1ccc(N2CCCN(C(=O)Nc3cccc(C(F)(F)F)c3)CC2)c(C(=O)N2CCOCC2)c1. The maximum atomic E-state index is 13.2. The first-order chi connectivity index (χ1) is 16.7. The standard InChI is InChI=1S/C24H28F3N5O3/c25-24(26,27)17-3-1-4-19(15-17)29-23(34)32-8-2-7-30(9-10-32)21-6-5-18(28)16-20(21)22(33)31-11-13-35-14-12-31/h1,3-6,15-16H,2,7-14,28H2,(H,29,34). The summed E-state index contributed by atoms with van der Waals surface area (Å²) < 4.78 is 44.3. The Morgan fingerprint density at radius 2 is 1.69 bits per heavy atom. The lowest BCUT2D eigenvalue weighted by atomic mass is 10.1. The van der Waals surface area contributed by atoms with Gasteiger partial charge in [0, 0.05) is 56.3 Å².